The van der Waals surface area contributed by atoms with E-state index in [-0.39, 0.29) is 6.04 Å². The van der Waals surface area contributed by atoms with Crippen LogP contribution in [0.3, 0.4) is 0 Å². The van der Waals surface area contributed by atoms with E-state index in [2.05, 4.69) is 32.4 Å². The highest BCUT2D eigenvalue weighted by molar-refractivity contribution is 5.85. The molecule has 0 aliphatic heterocycles. The molecule has 1 atom stereocenters. The molecule has 0 saturated heterocycles. The summed E-state index contributed by atoms with van der Waals surface area (Å²) in [4.78, 5) is 18.0. The molecule has 26 heavy (non-hydrogen) atoms. The Kier molecular flexibility index (Phi) is 3.74. The van der Waals surface area contributed by atoms with Gasteiger partial charge in [0.25, 0.3) is 0 Å². The number of hydrogen-bond acceptors (Lipinski definition) is 5. The smallest absolute Gasteiger partial charge is 0.237 e. The highest BCUT2D eigenvalue weighted by Gasteiger charge is 2.24. The van der Waals surface area contributed by atoms with Gasteiger partial charge in [-0.25, -0.2) is 9.97 Å². The molecule has 3 heterocycles. The normalized spacial score (nSPS) is 19.6. The molecular weight excluding hydrogens is 324 g/mol. The van der Waals surface area contributed by atoms with Crippen molar-refractivity contribution in [3.05, 3.63) is 60.3 Å². The van der Waals surface area contributed by atoms with Crippen molar-refractivity contribution in [2.24, 2.45) is 0 Å². The molecule has 0 amide bonds. The summed E-state index contributed by atoms with van der Waals surface area (Å²) in [6, 6.07) is 4.16. The summed E-state index contributed by atoms with van der Waals surface area (Å²) in [5, 5.41) is 3.67. The van der Waals surface area contributed by atoms with Crippen LogP contribution in [0.15, 0.2) is 60.3 Å². The summed E-state index contributed by atoms with van der Waals surface area (Å²) in [6.45, 7) is 0. The predicted octanol–water partition coefficient (Wildman–Crippen LogP) is 3.82. The minimum atomic E-state index is 0.283. The van der Waals surface area contributed by atoms with Gasteiger partial charge in [-0.1, -0.05) is 17.7 Å². The number of anilines is 1. The van der Waals surface area contributed by atoms with Gasteiger partial charge in [-0.15, -0.1) is 0 Å². The van der Waals surface area contributed by atoms with E-state index in [9.17, 15) is 0 Å². The van der Waals surface area contributed by atoms with Crippen LogP contribution in [-0.4, -0.2) is 30.5 Å². The van der Waals surface area contributed by atoms with Crippen molar-refractivity contribution in [1.29, 1.82) is 0 Å². The zero-order valence-corrected chi connectivity index (χ0v) is 14.5. The van der Waals surface area contributed by atoms with Gasteiger partial charge >= 0.3 is 0 Å². The second-order valence-corrected chi connectivity index (χ2v) is 6.80. The maximum Gasteiger partial charge on any atom is 0.237 e. The van der Waals surface area contributed by atoms with Crippen molar-refractivity contribution in [2.45, 2.75) is 38.1 Å². The number of nitrogens with zero attached hydrogens (tertiary/aromatic N) is 5. The molecule has 0 fully saturated rings. The van der Waals surface area contributed by atoms with Crippen LogP contribution in [0.2, 0.25) is 0 Å². The molecule has 130 valence electrons. The second kappa shape index (κ2) is 6.37. The lowest BCUT2D eigenvalue weighted by Gasteiger charge is -2.30. The minimum absolute atomic E-state index is 0.283. The molecule has 6 heteroatoms. The first-order valence-electron chi connectivity index (χ1n) is 9.14. The maximum atomic E-state index is 4.77. The number of pyridine rings is 1. The van der Waals surface area contributed by atoms with Gasteiger partial charge in [-0.3, -0.25) is 9.55 Å². The fourth-order valence-electron chi connectivity index (χ4n) is 3.90. The molecule has 0 saturated carbocycles. The van der Waals surface area contributed by atoms with Gasteiger partial charge in [0.2, 0.25) is 5.95 Å². The van der Waals surface area contributed by atoms with E-state index in [0.717, 1.165) is 29.7 Å². The molecule has 0 aromatic carbocycles. The minimum Gasteiger partial charge on any atom is -0.361 e. The predicted molar refractivity (Wildman–Crippen MR) is 101 cm³/mol. The molecule has 3 aromatic rings. The summed E-state index contributed by atoms with van der Waals surface area (Å²) >= 11 is 0. The van der Waals surface area contributed by atoms with Crippen LogP contribution in [0.4, 0.5) is 5.82 Å². The summed E-state index contributed by atoms with van der Waals surface area (Å²) in [7, 11) is 0. The number of allylic oxidation sites excluding steroid dienone is 2. The number of fused-ring (bicyclic) bond motifs is 1. The molecule has 3 aromatic heterocycles. The van der Waals surface area contributed by atoms with Crippen molar-refractivity contribution in [3.63, 3.8) is 0 Å². The van der Waals surface area contributed by atoms with Crippen LogP contribution in [-0.2, 0) is 0 Å². The summed E-state index contributed by atoms with van der Waals surface area (Å²) < 4.78 is 1.82. The number of imidazole rings is 1. The Balaban J connectivity index is 1.59. The summed E-state index contributed by atoms with van der Waals surface area (Å²) in [5.41, 5.74) is 4.67. The zero-order valence-electron chi connectivity index (χ0n) is 14.5. The Morgan fingerprint density at radius 3 is 3.08 bits per heavy atom. The van der Waals surface area contributed by atoms with Crippen molar-refractivity contribution in [3.8, 4) is 5.95 Å². The van der Waals surface area contributed by atoms with Gasteiger partial charge in [0.05, 0.1) is 11.6 Å². The highest BCUT2D eigenvalue weighted by Crippen LogP contribution is 2.34. The fourth-order valence-corrected chi connectivity index (χ4v) is 3.90. The zero-order chi connectivity index (χ0) is 17.3. The van der Waals surface area contributed by atoms with E-state index in [0.29, 0.717) is 5.95 Å². The molecule has 0 unspecified atom stereocenters. The SMILES string of the molecule is C1=CC2=C(CC1)CCC[C@@H]2Nc1nc(-n2ccnc2)nc2cccnc12. The average molecular weight is 344 g/mol. The third-order valence-corrected chi connectivity index (χ3v) is 5.15. The fraction of sp³-hybridized carbons (Fsp3) is 0.300. The van der Waals surface area contributed by atoms with E-state index < -0.39 is 0 Å². The second-order valence-electron chi connectivity index (χ2n) is 6.80. The molecule has 0 radical (unpaired) electrons. The Hall–Kier alpha value is -3.02. The third-order valence-electron chi connectivity index (χ3n) is 5.15. The topological polar surface area (TPSA) is 68.5 Å². The lowest BCUT2D eigenvalue weighted by molar-refractivity contribution is 0.606. The highest BCUT2D eigenvalue weighted by atomic mass is 15.2. The van der Waals surface area contributed by atoms with E-state index >= 15 is 0 Å². The molecule has 2 aliphatic carbocycles. The van der Waals surface area contributed by atoms with Crippen LogP contribution in [0.5, 0.6) is 0 Å². The van der Waals surface area contributed by atoms with Crippen LogP contribution >= 0.6 is 0 Å². The van der Waals surface area contributed by atoms with Crippen molar-refractivity contribution in [1.82, 2.24) is 24.5 Å². The molecule has 5 rings (SSSR count). The first kappa shape index (κ1) is 15.3. The number of aromatic nitrogens is 5. The number of hydrogen-bond donors (Lipinski definition) is 1. The van der Waals surface area contributed by atoms with Gasteiger partial charge in [0.1, 0.15) is 11.8 Å². The first-order valence-corrected chi connectivity index (χ1v) is 9.14. The monoisotopic (exact) mass is 344 g/mol. The largest absolute Gasteiger partial charge is 0.361 e. The molecule has 6 nitrogen and oxygen atoms in total. The Bertz CT molecular complexity index is 1000. The third kappa shape index (κ3) is 2.67. The standard InChI is InChI=1S/C20H20N6/c1-2-7-15-14(5-1)6-3-8-16(15)23-19-18-17(9-4-10-22-18)24-20(25-19)26-12-11-21-13-26/h2,4,7,9-13,16H,1,3,5-6,8H2,(H,23,24,25)/t16-/m0/s1. The molecular formula is C20H20N6. The molecule has 2 aliphatic rings. The Morgan fingerprint density at radius 2 is 2.15 bits per heavy atom. The first-order chi connectivity index (χ1) is 12.9. The van der Waals surface area contributed by atoms with E-state index in [1.807, 2.05) is 22.9 Å². The van der Waals surface area contributed by atoms with Crippen molar-refractivity contribution in [2.75, 3.05) is 5.32 Å². The van der Waals surface area contributed by atoms with Crippen LogP contribution < -0.4 is 5.32 Å². The number of rotatable bonds is 3. The maximum absolute atomic E-state index is 4.77. The molecule has 0 bridgehead atoms. The van der Waals surface area contributed by atoms with E-state index in [1.54, 1.807) is 24.3 Å². The lowest BCUT2D eigenvalue weighted by atomic mass is 9.82. The van der Waals surface area contributed by atoms with Gasteiger partial charge in [-0.2, -0.15) is 4.98 Å². The molecule has 1 N–H and O–H groups in total. The van der Waals surface area contributed by atoms with Gasteiger partial charge in [-0.05, 0) is 49.8 Å². The van der Waals surface area contributed by atoms with Crippen LogP contribution in [0, 0.1) is 0 Å². The van der Waals surface area contributed by atoms with Gasteiger partial charge in [0.15, 0.2) is 5.82 Å². The van der Waals surface area contributed by atoms with Crippen molar-refractivity contribution >= 4 is 16.9 Å². The van der Waals surface area contributed by atoms with E-state index in [4.69, 9.17) is 4.98 Å². The lowest BCUT2D eigenvalue weighted by Crippen LogP contribution is -2.27. The quantitative estimate of drug-likeness (QED) is 0.782. The van der Waals surface area contributed by atoms with Gasteiger partial charge in [0, 0.05) is 18.6 Å². The average Bonchev–Trinajstić information content (AvgIpc) is 3.23. The Morgan fingerprint density at radius 1 is 1.15 bits per heavy atom. The van der Waals surface area contributed by atoms with Crippen LogP contribution in [0.25, 0.3) is 17.0 Å². The number of nitrogens with one attached hydrogen (secondary N) is 1. The Labute approximate surface area is 151 Å². The molecule has 0 spiro atoms. The van der Waals surface area contributed by atoms with E-state index in [1.165, 1.54) is 24.8 Å². The summed E-state index contributed by atoms with van der Waals surface area (Å²) in [5.74, 6) is 1.40. The summed E-state index contributed by atoms with van der Waals surface area (Å²) in [6.07, 6.45) is 17.6. The van der Waals surface area contributed by atoms with Gasteiger partial charge < -0.3 is 5.32 Å². The van der Waals surface area contributed by atoms with Crippen LogP contribution in [0.1, 0.15) is 32.1 Å². The van der Waals surface area contributed by atoms with Crippen molar-refractivity contribution < 1.29 is 0 Å².